The van der Waals surface area contributed by atoms with Crippen LogP contribution in [0.4, 0.5) is 0 Å². The lowest BCUT2D eigenvalue weighted by molar-refractivity contribution is 0.610. The first kappa shape index (κ1) is 10.5. The Morgan fingerprint density at radius 1 is 1.64 bits per heavy atom. The maximum atomic E-state index is 10.5. The highest BCUT2D eigenvalue weighted by Gasteiger charge is 1.90. The van der Waals surface area contributed by atoms with Crippen molar-refractivity contribution in [1.29, 1.82) is 0 Å². The third kappa shape index (κ3) is 9.49. The van der Waals surface area contributed by atoms with Crippen molar-refractivity contribution in [2.45, 2.75) is 6.42 Å². The minimum absolute atomic E-state index is 0.496. The topological polar surface area (TPSA) is 46.5 Å². The zero-order valence-corrected chi connectivity index (χ0v) is 7.78. The number of rotatable bonds is 4. The standard InChI is InChI=1S/C6H9NO2S2/c1-11(8,9)5-3-2-4-7-6-10/h3,5H,2,4H2,1H3/b5-3+. The normalized spacial score (nSPS) is 11.4. The molecule has 0 heterocycles. The fourth-order valence-corrected chi connectivity index (χ4v) is 1.00. The SMILES string of the molecule is CS(=O)(=O)/C=C/CCN=C=S. The first-order valence-electron chi connectivity index (χ1n) is 2.96. The van der Waals surface area contributed by atoms with E-state index in [9.17, 15) is 8.42 Å². The lowest BCUT2D eigenvalue weighted by Gasteiger charge is -1.84. The van der Waals surface area contributed by atoms with Crippen molar-refractivity contribution in [3.8, 4) is 0 Å². The first-order chi connectivity index (χ1) is 5.06. The molecule has 5 heteroatoms. The molecule has 11 heavy (non-hydrogen) atoms. The van der Waals surface area contributed by atoms with Crippen molar-refractivity contribution in [1.82, 2.24) is 0 Å². The number of thiocarbonyl (C=S) groups is 1. The van der Waals surface area contributed by atoms with Gasteiger partial charge in [0.05, 0.1) is 11.7 Å². The van der Waals surface area contributed by atoms with E-state index in [1.165, 1.54) is 0 Å². The van der Waals surface area contributed by atoms with Crippen molar-refractivity contribution < 1.29 is 8.42 Å². The number of isothiocyanates is 1. The molecule has 3 nitrogen and oxygen atoms in total. The van der Waals surface area contributed by atoms with Gasteiger partial charge in [-0.05, 0) is 18.6 Å². The van der Waals surface area contributed by atoms with Gasteiger partial charge >= 0.3 is 0 Å². The van der Waals surface area contributed by atoms with Gasteiger partial charge in [-0.2, -0.15) is 0 Å². The Morgan fingerprint density at radius 2 is 2.27 bits per heavy atom. The summed E-state index contributed by atoms with van der Waals surface area (Å²) >= 11 is 4.32. The van der Waals surface area contributed by atoms with E-state index in [0.717, 1.165) is 11.7 Å². The van der Waals surface area contributed by atoms with Gasteiger partial charge in [0.1, 0.15) is 0 Å². The summed E-state index contributed by atoms with van der Waals surface area (Å²) in [6, 6.07) is 0. The number of sulfone groups is 1. The number of hydrogen-bond acceptors (Lipinski definition) is 4. The van der Waals surface area contributed by atoms with Gasteiger partial charge in [0.2, 0.25) is 0 Å². The highest BCUT2D eigenvalue weighted by molar-refractivity contribution is 7.93. The van der Waals surface area contributed by atoms with Gasteiger partial charge in [-0.15, -0.1) is 0 Å². The third-order valence-corrected chi connectivity index (χ3v) is 1.63. The van der Waals surface area contributed by atoms with Crippen LogP contribution in [0.1, 0.15) is 6.42 Å². The molecule has 0 saturated heterocycles. The predicted molar refractivity (Wildman–Crippen MR) is 48.5 cm³/mol. The second kappa shape index (κ2) is 5.18. The highest BCUT2D eigenvalue weighted by Crippen LogP contribution is 1.89. The Balaban J connectivity index is 3.71. The Morgan fingerprint density at radius 3 is 2.73 bits per heavy atom. The maximum Gasteiger partial charge on any atom is 0.168 e. The van der Waals surface area contributed by atoms with Crippen LogP contribution in [0.25, 0.3) is 0 Å². The van der Waals surface area contributed by atoms with E-state index in [1.54, 1.807) is 6.08 Å². The molecule has 0 bridgehead atoms. The zero-order chi connectivity index (χ0) is 8.74. The summed E-state index contributed by atoms with van der Waals surface area (Å²) in [5.74, 6) is 0. The van der Waals surface area contributed by atoms with E-state index in [2.05, 4.69) is 22.4 Å². The molecule has 0 unspecified atom stereocenters. The van der Waals surface area contributed by atoms with Crippen molar-refractivity contribution >= 4 is 27.2 Å². The largest absolute Gasteiger partial charge is 0.232 e. The van der Waals surface area contributed by atoms with Crippen LogP contribution in [0.2, 0.25) is 0 Å². The van der Waals surface area contributed by atoms with Crippen molar-refractivity contribution in [2.24, 2.45) is 4.99 Å². The molecule has 0 aromatic carbocycles. The van der Waals surface area contributed by atoms with Gasteiger partial charge in [0, 0.05) is 11.7 Å². The van der Waals surface area contributed by atoms with Gasteiger partial charge in [0.25, 0.3) is 0 Å². The molecule has 62 valence electrons. The molecule has 0 N–H and O–H groups in total. The summed E-state index contributed by atoms with van der Waals surface area (Å²) in [6.07, 6.45) is 3.27. The zero-order valence-electron chi connectivity index (χ0n) is 6.15. The molecular weight excluding hydrogens is 182 g/mol. The lowest BCUT2D eigenvalue weighted by Crippen LogP contribution is -1.88. The lowest BCUT2D eigenvalue weighted by atomic mass is 10.4. The van der Waals surface area contributed by atoms with Crippen LogP contribution in [-0.4, -0.2) is 26.4 Å². The van der Waals surface area contributed by atoms with Gasteiger partial charge < -0.3 is 0 Å². The summed E-state index contributed by atoms with van der Waals surface area (Å²) in [7, 11) is -2.98. The summed E-state index contributed by atoms with van der Waals surface area (Å²) in [5, 5.41) is 3.35. The van der Waals surface area contributed by atoms with Crippen molar-refractivity contribution in [2.75, 3.05) is 12.8 Å². The Kier molecular flexibility index (Phi) is 4.94. The van der Waals surface area contributed by atoms with Crippen LogP contribution in [0, 0.1) is 0 Å². The minimum atomic E-state index is -2.98. The molecule has 0 spiro atoms. The van der Waals surface area contributed by atoms with E-state index in [1.807, 2.05) is 0 Å². The van der Waals surface area contributed by atoms with Gasteiger partial charge in [-0.3, -0.25) is 0 Å². The molecule has 0 radical (unpaired) electrons. The van der Waals surface area contributed by atoms with E-state index in [0.29, 0.717) is 13.0 Å². The van der Waals surface area contributed by atoms with E-state index < -0.39 is 9.84 Å². The van der Waals surface area contributed by atoms with E-state index in [-0.39, 0.29) is 0 Å². The average Bonchev–Trinajstić information content (AvgIpc) is 1.85. The van der Waals surface area contributed by atoms with Gasteiger partial charge in [-0.25, -0.2) is 13.4 Å². The Hall–Kier alpha value is -0.510. The quantitative estimate of drug-likeness (QED) is 0.379. The fraction of sp³-hybridized carbons (Fsp3) is 0.500. The number of aliphatic imine (C=N–C) groups is 1. The molecule has 0 rings (SSSR count). The Labute approximate surface area is 71.8 Å². The predicted octanol–water partition coefficient (Wildman–Crippen LogP) is 1.04. The van der Waals surface area contributed by atoms with Crippen molar-refractivity contribution in [3.05, 3.63) is 11.5 Å². The van der Waals surface area contributed by atoms with Crippen LogP contribution in [0.15, 0.2) is 16.5 Å². The van der Waals surface area contributed by atoms with Crippen LogP contribution in [0.3, 0.4) is 0 Å². The molecule has 0 fully saturated rings. The highest BCUT2D eigenvalue weighted by atomic mass is 32.2. The molecular formula is C6H9NO2S2. The molecule has 0 aromatic heterocycles. The Bertz CT molecular complexity index is 273. The van der Waals surface area contributed by atoms with Crippen molar-refractivity contribution in [3.63, 3.8) is 0 Å². The van der Waals surface area contributed by atoms with Crippen LogP contribution >= 0.6 is 12.2 Å². The molecule has 0 atom stereocenters. The average molecular weight is 191 g/mol. The smallest absolute Gasteiger partial charge is 0.168 e. The fourth-order valence-electron chi connectivity index (χ4n) is 0.428. The van der Waals surface area contributed by atoms with Crippen LogP contribution in [-0.2, 0) is 9.84 Å². The summed E-state index contributed by atoms with van der Waals surface area (Å²) in [4.78, 5) is 3.61. The van der Waals surface area contributed by atoms with Crippen LogP contribution < -0.4 is 0 Å². The summed E-state index contributed by atoms with van der Waals surface area (Å²) in [6.45, 7) is 0.496. The number of nitrogens with zero attached hydrogens (tertiary/aromatic N) is 1. The van der Waals surface area contributed by atoms with Gasteiger partial charge in [-0.1, -0.05) is 6.08 Å². The van der Waals surface area contributed by atoms with E-state index >= 15 is 0 Å². The third-order valence-electron chi connectivity index (χ3n) is 0.816. The number of hydrogen-bond donors (Lipinski definition) is 0. The van der Waals surface area contributed by atoms with E-state index in [4.69, 9.17) is 0 Å². The first-order valence-corrected chi connectivity index (χ1v) is 5.33. The molecule has 0 aliphatic carbocycles. The second-order valence-corrected chi connectivity index (χ2v) is 4.08. The summed E-state index contributed by atoms with van der Waals surface area (Å²) in [5.41, 5.74) is 0. The monoisotopic (exact) mass is 191 g/mol. The minimum Gasteiger partial charge on any atom is -0.232 e. The van der Waals surface area contributed by atoms with Crippen LogP contribution in [0.5, 0.6) is 0 Å². The summed E-state index contributed by atoms with van der Waals surface area (Å²) < 4.78 is 21.0. The maximum absolute atomic E-state index is 10.5. The second-order valence-electron chi connectivity index (χ2n) is 1.96. The van der Waals surface area contributed by atoms with Gasteiger partial charge in [0.15, 0.2) is 9.84 Å². The molecule has 0 aliphatic heterocycles. The molecule has 0 saturated carbocycles. The molecule has 0 aliphatic rings. The molecule has 0 amide bonds. The molecule has 0 aromatic rings.